The molecule has 2 fully saturated rings. The number of carbonyl (C=O) groups excluding carboxylic acids is 3. The monoisotopic (exact) mass is 469 g/mol. The van der Waals surface area contributed by atoms with Crippen molar-refractivity contribution < 1.29 is 19.1 Å². The molecule has 2 aliphatic rings. The van der Waals surface area contributed by atoms with Crippen LogP contribution in [0, 0.1) is 0 Å². The van der Waals surface area contributed by atoms with Crippen molar-refractivity contribution in [2.45, 2.75) is 18.5 Å². The van der Waals surface area contributed by atoms with Crippen LogP contribution in [-0.2, 0) is 16.0 Å². The van der Waals surface area contributed by atoms with Crippen LogP contribution in [0.5, 0.6) is 5.75 Å². The Labute approximate surface area is 204 Å². The third-order valence-electron chi connectivity index (χ3n) is 6.71. The SMILES string of the molecule is COc1ccc(C[C@@H]2NC(=O)[C@H]3CN(C(=O)c4ccc(-c5ccccc5)cc4)CCN3C2=O)cc1. The molecule has 0 saturated carbocycles. The van der Waals surface area contributed by atoms with Gasteiger partial charge in [-0.15, -0.1) is 0 Å². The van der Waals surface area contributed by atoms with Crippen LogP contribution in [0.2, 0.25) is 0 Å². The molecule has 0 aromatic heterocycles. The maximum atomic E-state index is 13.1. The van der Waals surface area contributed by atoms with Gasteiger partial charge in [0.2, 0.25) is 11.8 Å². The summed E-state index contributed by atoms with van der Waals surface area (Å²) in [6.45, 7) is 0.917. The quantitative estimate of drug-likeness (QED) is 0.623. The van der Waals surface area contributed by atoms with Crippen molar-refractivity contribution in [1.29, 1.82) is 0 Å². The summed E-state index contributed by atoms with van der Waals surface area (Å²) in [5.41, 5.74) is 3.63. The molecule has 3 aromatic rings. The summed E-state index contributed by atoms with van der Waals surface area (Å²) < 4.78 is 5.18. The molecule has 5 rings (SSSR count). The molecule has 7 nitrogen and oxygen atoms in total. The Morgan fingerprint density at radius 2 is 1.60 bits per heavy atom. The molecule has 2 atom stereocenters. The molecule has 178 valence electrons. The zero-order chi connectivity index (χ0) is 24.4. The van der Waals surface area contributed by atoms with Gasteiger partial charge in [0, 0.05) is 25.1 Å². The minimum atomic E-state index is -0.670. The average molecular weight is 470 g/mol. The highest BCUT2D eigenvalue weighted by molar-refractivity contribution is 5.99. The van der Waals surface area contributed by atoms with E-state index in [2.05, 4.69) is 5.32 Å². The smallest absolute Gasteiger partial charge is 0.253 e. The van der Waals surface area contributed by atoms with Gasteiger partial charge in [0.1, 0.15) is 17.8 Å². The van der Waals surface area contributed by atoms with Crippen molar-refractivity contribution in [2.24, 2.45) is 0 Å². The maximum Gasteiger partial charge on any atom is 0.253 e. The van der Waals surface area contributed by atoms with Crippen LogP contribution in [0.4, 0.5) is 0 Å². The highest BCUT2D eigenvalue weighted by Gasteiger charge is 2.44. The Bertz CT molecular complexity index is 1230. The van der Waals surface area contributed by atoms with Crippen LogP contribution in [0.1, 0.15) is 15.9 Å². The van der Waals surface area contributed by atoms with Crippen LogP contribution in [-0.4, -0.2) is 66.3 Å². The van der Waals surface area contributed by atoms with Crippen LogP contribution in [0.3, 0.4) is 0 Å². The lowest BCUT2D eigenvalue weighted by molar-refractivity contribution is -0.152. The fraction of sp³-hybridized carbons (Fsp3) is 0.250. The van der Waals surface area contributed by atoms with Gasteiger partial charge in [0.05, 0.1) is 13.7 Å². The number of carbonyl (C=O) groups is 3. The summed E-state index contributed by atoms with van der Waals surface area (Å²) in [4.78, 5) is 42.5. The third kappa shape index (κ3) is 4.62. The molecule has 7 heteroatoms. The van der Waals surface area contributed by atoms with Gasteiger partial charge in [-0.3, -0.25) is 14.4 Å². The summed E-state index contributed by atoms with van der Waals surface area (Å²) in [5.74, 6) is 0.276. The van der Waals surface area contributed by atoms with Gasteiger partial charge >= 0.3 is 0 Å². The van der Waals surface area contributed by atoms with Gasteiger partial charge in [-0.2, -0.15) is 0 Å². The average Bonchev–Trinajstić information content (AvgIpc) is 2.92. The van der Waals surface area contributed by atoms with Gasteiger partial charge in [-0.25, -0.2) is 0 Å². The Morgan fingerprint density at radius 1 is 0.914 bits per heavy atom. The van der Waals surface area contributed by atoms with Crippen molar-refractivity contribution in [3.05, 3.63) is 90.0 Å². The van der Waals surface area contributed by atoms with E-state index in [1.54, 1.807) is 16.9 Å². The highest BCUT2D eigenvalue weighted by atomic mass is 16.5. The standard InChI is InChI=1S/C28H27N3O4/c1-35-23-13-7-19(8-14-23)17-24-28(34)31-16-15-30(18-25(31)26(32)29-24)27(33)22-11-9-21(10-12-22)20-5-3-2-4-6-20/h2-14,24-25H,15-18H2,1H3,(H,29,32)/t24-,25+/m0/s1. The number of ether oxygens (including phenoxy) is 1. The second-order valence-corrected chi connectivity index (χ2v) is 8.86. The van der Waals surface area contributed by atoms with E-state index in [0.29, 0.717) is 25.1 Å². The number of methoxy groups -OCH3 is 1. The minimum absolute atomic E-state index is 0.107. The summed E-state index contributed by atoms with van der Waals surface area (Å²) in [6, 6.07) is 23.6. The number of nitrogens with one attached hydrogen (secondary N) is 1. The van der Waals surface area contributed by atoms with E-state index in [-0.39, 0.29) is 24.3 Å². The van der Waals surface area contributed by atoms with E-state index >= 15 is 0 Å². The molecule has 3 amide bonds. The zero-order valence-corrected chi connectivity index (χ0v) is 19.5. The molecule has 2 aliphatic heterocycles. The molecule has 0 bridgehead atoms. The predicted molar refractivity (Wildman–Crippen MR) is 132 cm³/mol. The molecule has 1 N–H and O–H groups in total. The van der Waals surface area contributed by atoms with Crippen molar-refractivity contribution >= 4 is 17.7 Å². The second kappa shape index (κ2) is 9.62. The lowest BCUT2D eigenvalue weighted by Gasteiger charge is -2.45. The third-order valence-corrected chi connectivity index (χ3v) is 6.71. The van der Waals surface area contributed by atoms with Gasteiger partial charge in [-0.1, -0.05) is 54.6 Å². The topological polar surface area (TPSA) is 79.0 Å². The van der Waals surface area contributed by atoms with Gasteiger partial charge in [0.25, 0.3) is 5.91 Å². The Balaban J connectivity index is 1.24. The summed E-state index contributed by atoms with van der Waals surface area (Å²) in [5, 5.41) is 2.87. The van der Waals surface area contributed by atoms with Crippen molar-refractivity contribution in [3.8, 4) is 16.9 Å². The van der Waals surface area contributed by atoms with Crippen molar-refractivity contribution in [1.82, 2.24) is 15.1 Å². The molecule has 2 heterocycles. The van der Waals surface area contributed by atoms with Crippen LogP contribution >= 0.6 is 0 Å². The number of fused-ring (bicyclic) bond motifs is 1. The van der Waals surface area contributed by atoms with Crippen LogP contribution in [0.25, 0.3) is 11.1 Å². The molecule has 35 heavy (non-hydrogen) atoms. The van der Waals surface area contributed by atoms with Crippen LogP contribution < -0.4 is 10.1 Å². The minimum Gasteiger partial charge on any atom is -0.497 e. The van der Waals surface area contributed by atoms with Crippen molar-refractivity contribution in [3.63, 3.8) is 0 Å². The number of hydrogen-bond acceptors (Lipinski definition) is 4. The normalized spacial score (nSPS) is 19.7. The second-order valence-electron chi connectivity index (χ2n) is 8.86. The molecule has 0 unspecified atom stereocenters. The molecule has 0 radical (unpaired) electrons. The summed E-state index contributed by atoms with van der Waals surface area (Å²) >= 11 is 0. The maximum absolute atomic E-state index is 13.1. The number of rotatable bonds is 5. The summed E-state index contributed by atoms with van der Waals surface area (Å²) in [6.07, 6.45) is 0.411. The lowest BCUT2D eigenvalue weighted by Crippen LogP contribution is -2.70. The number of nitrogens with zero attached hydrogens (tertiary/aromatic N) is 2. The molecule has 2 saturated heterocycles. The highest BCUT2D eigenvalue weighted by Crippen LogP contribution is 2.23. The largest absolute Gasteiger partial charge is 0.497 e. The van der Waals surface area contributed by atoms with E-state index < -0.39 is 12.1 Å². The molecule has 3 aromatic carbocycles. The fourth-order valence-electron chi connectivity index (χ4n) is 4.74. The van der Waals surface area contributed by atoms with E-state index in [9.17, 15) is 14.4 Å². The van der Waals surface area contributed by atoms with E-state index in [0.717, 1.165) is 22.4 Å². The van der Waals surface area contributed by atoms with Crippen molar-refractivity contribution in [2.75, 3.05) is 26.7 Å². The van der Waals surface area contributed by atoms with E-state index in [4.69, 9.17) is 4.74 Å². The van der Waals surface area contributed by atoms with E-state index in [1.165, 1.54) is 0 Å². The van der Waals surface area contributed by atoms with E-state index in [1.807, 2.05) is 78.9 Å². The summed E-state index contributed by atoms with van der Waals surface area (Å²) in [7, 11) is 1.60. The predicted octanol–water partition coefficient (Wildman–Crippen LogP) is 2.76. The first kappa shape index (κ1) is 22.7. The number of amides is 3. The first-order valence-electron chi connectivity index (χ1n) is 11.7. The first-order valence-corrected chi connectivity index (χ1v) is 11.7. The zero-order valence-electron chi connectivity index (χ0n) is 19.5. The number of piperazine rings is 2. The number of benzene rings is 3. The molecular formula is C28H27N3O4. The van der Waals surface area contributed by atoms with Gasteiger partial charge < -0.3 is 19.9 Å². The molecule has 0 aliphatic carbocycles. The van der Waals surface area contributed by atoms with Crippen LogP contribution in [0.15, 0.2) is 78.9 Å². The Kier molecular flexibility index (Phi) is 6.23. The molecular weight excluding hydrogens is 442 g/mol. The lowest BCUT2D eigenvalue weighted by atomic mass is 9.98. The van der Waals surface area contributed by atoms with Gasteiger partial charge in [-0.05, 0) is 41.0 Å². The Morgan fingerprint density at radius 3 is 2.29 bits per heavy atom. The fourth-order valence-corrected chi connectivity index (χ4v) is 4.74. The Hall–Kier alpha value is -4.13. The van der Waals surface area contributed by atoms with Gasteiger partial charge in [0.15, 0.2) is 0 Å². The first-order chi connectivity index (χ1) is 17.0. The molecule has 0 spiro atoms. The number of hydrogen-bond donors (Lipinski definition) is 1.